The molecule has 152 valence electrons. The number of aryl methyl sites for hydroxylation is 1. The molecule has 1 aliphatic rings. The molecular weight excluding hydrogens is 383 g/mol. The molecule has 1 fully saturated rings. The predicted molar refractivity (Wildman–Crippen MR) is 112 cm³/mol. The Balaban J connectivity index is 1.52. The number of rotatable bonds is 4. The van der Waals surface area contributed by atoms with Crippen molar-refractivity contribution in [1.82, 2.24) is 9.88 Å². The maximum absolute atomic E-state index is 14.3. The highest BCUT2D eigenvalue weighted by Gasteiger charge is 2.33. The maximum Gasteiger partial charge on any atom is 0.223 e. The molecule has 1 unspecified atom stereocenters. The Bertz CT molecular complexity index is 1280. The lowest BCUT2D eigenvalue weighted by Gasteiger charge is -2.18. The van der Waals surface area contributed by atoms with Crippen molar-refractivity contribution < 1.29 is 18.3 Å². The minimum atomic E-state index is -0.273. The summed E-state index contributed by atoms with van der Waals surface area (Å²) in [4.78, 5) is 18.7. The number of ether oxygens (including phenoxy) is 1. The fourth-order valence-electron chi connectivity index (χ4n) is 4.35. The van der Waals surface area contributed by atoms with E-state index in [0.29, 0.717) is 29.9 Å². The Morgan fingerprint density at radius 1 is 1.27 bits per heavy atom. The van der Waals surface area contributed by atoms with E-state index in [-0.39, 0.29) is 24.2 Å². The van der Waals surface area contributed by atoms with Crippen molar-refractivity contribution in [3.8, 4) is 5.75 Å². The third-order valence-electron chi connectivity index (χ3n) is 5.86. The summed E-state index contributed by atoms with van der Waals surface area (Å²) in [7, 11) is 1.61. The predicted octanol–water partition coefficient (Wildman–Crippen LogP) is 4.95. The maximum atomic E-state index is 14.3. The van der Waals surface area contributed by atoms with Crippen LogP contribution in [-0.2, 0) is 11.3 Å². The molecule has 0 spiro atoms. The summed E-state index contributed by atoms with van der Waals surface area (Å²) in [6.07, 6.45) is 3.84. The number of hydrogen-bond acceptors (Lipinski definition) is 4. The molecule has 3 heterocycles. The van der Waals surface area contributed by atoms with Crippen molar-refractivity contribution >= 4 is 27.8 Å². The highest BCUT2D eigenvalue weighted by molar-refractivity contribution is 6.08. The zero-order valence-electron chi connectivity index (χ0n) is 16.8. The SMILES string of the molecule is COc1ccc(C2CC(=O)N(Cc3ccc(C)cc3F)C2)c2c1oc1ccncc12. The molecule has 5 nitrogen and oxygen atoms in total. The number of fused-ring (bicyclic) bond motifs is 3. The number of methoxy groups -OCH3 is 1. The number of halogens is 1. The monoisotopic (exact) mass is 404 g/mol. The second-order valence-corrected chi connectivity index (χ2v) is 7.81. The van der Waals surface area contributed by atoms with E-state index < -0.39 is 0 Å². The number of pyridine rings is 1. The summed E-state index contributed by atoms with van der Waals surface area (Å²) in [6.45, 7) is 2.65. The van der Waals surface area contributed by atoms with Crippen molar-refractivity contribution in [3.05, 3.63) is 71.3 Å². The van der Waals surface area contributed by atoms with Gasteiger partial charge in [0.2, 0.25) is 5.91 Å². The molecule has 4 aromatic rings. The van der Waals surface area contributed by atoms with Gasteiger partial charge in [0.1, 0.15) is 11.4 Å². The third kappa shape index (κ3) is 3.00. The van der Waals surface area contributed by atoms with Gasteiger partial charge in [0.05, 0.1) is 7.11 Å². The van der Waals surface area contributed by atoms with Crippen LogP contribution in [0.15, 0.2) is 53.2 Å². The van der Waals surface area contributed by atoms with E-state index in [1.54, 1.807) is 30.5 Å². The number of furan rings is 1. The first kappa shape index (κ1) is 18.6. The topological polar surface area (TPSA) is 55.6 Å². The van der Waals surface area contributed by atoms with E-state index in [4.69, 9.17) is 9.15 Å². The van der Waals surface area contributed by atoms with Gasteiger partial charge in [0.25, 0.3) is 0 Å². The van der Waals surface area contributed by atoms with Crippen LogP contribution in [0.25, 0.3) is 21.9 Å². The van der Waals surface area contributed by atoms with Crippen LogP contribution in [0, 0.1) is 12.7 Å². The van der Waals surface area contributed by atoms with E-state index >= 15 is 0 Å². The molecule has 0 radical (unpaired) electrons. The van der Waals surface area contributed by atoms with E-state index in [2.05, 4.69) is 4.98 Å². The molecule has 1 amide bonds. The van der Waals surface area contributed by atoms with Gasteiger partial charge in [-0.2, -0.15) is 0 Å². The lowest BCUT2D eigenvalue weighted by Crippen LogP contribution is -2.25. The van der Waals surface area contributed by atoms with Gasteiger partial charge in [-0.1, -0.05) is 18.2 Å². The van der Waals surface area contributed by atoms with Crippen molar-refractivity contribution in [3.63, 3.8) is 0 Å². The molecule has 1 aliphatic heterocycles. The van der Waals surface area contributed by atoms with Crippen LogP contribution in [0.3, 0.4) is 0 Å². The molecule has 0 N–H and O–H groups in total. The fraction of sp³-hybridized carbons (Fsp3) is 0.250. The number of carbonyl (C=O) groups is 1. The van der Waals surface area contributed by atoms with Gasteiger partial charge in [0, 0.05) is 54.2 Å². The van der Waals surface area contributed by atoms with Gasteiger partial charge >= 0.3 is 0 Å². The third-order valence-corrected chi connectivity index (χ3v) is 5.86. The normalized spacial score (nSPS) is 16.7. The largest absolute Gasteiger partial charge is 0.493 e. The average Bonchev–Trinajstić information content (AvgIpc) is 3.30. The van der Waals surface area contributed by atoms with E-state index in [1.165, 1.54) is 6.07 Å². The summed E-state index contributed by atoms with van der Waals surface area (Å²) in [6, 6.07) is 10.8. The number of hydrogen-bond donors (Lipinski definition) is 0. The van der Waals surface area contributed by atoms with Crippen molar-refractivity contribution in [1.29, 1.82) is 0 Å². The van der Waals surface area contributed by atoms with Gasteiger partial charge in [-0.15, -0.1) is 0 Å². The summed E-state index contributed by atoms with van der Waals surface area (Å²) in [5.41, 5.74) is 3.82. The first-order chi connectivity index (χ1) is 14.5. The molecular formula is C24H21FN2O3. The number of nitrogens with zero attached hydrogens (tertiary/aromatic N) is 2. The van der Waals surface area contributed by atoms with Crippen LogP contribution in [0.1, 0.15) is 29.0 Å². The minimum Gasteiger partial charge on any atom is -0.493 e. The summed E-state index contributed by atoms with van der Waals surface area (Å²) >= 11 is 0. The smallest absolute Gasteiger partial charge is 0.223 e. The van der Waals surface area contributed by atoms with Crippen LogP contribution < -0.4 is 4.74 Å². The number of carbonyl (C=O) groups excluding carboxylic acids is 1. The number of likely N-dealkylation sites (tertiary alicyclic amines) is 1. The highest BCUT2D eigenvalue weighted by Crippen LogP contribution is 2.42. The van der Waals surface area contributed by atoms with Crippen molar-refractivity contribution in [2.75, 3.05) is 13.7 Å². The van der Waals surface area contributed by atoms with E-state index in [1.807, 2.05) is 31.2 Å². The first-order valence-electron chi connectivity index (χ1n) is 9.91. The molecule has 5 rings (SSSR count). The van der Waals surface area contributed by atoms with Gasteiger partial charge in [-0.05, 0) is 36.2 Å². The van der Waals surface area contributed by atoms with Gasteiger partial charge in [0.15, 0.2) is 11.3 Å². The molecule has 6 heteroatoms. The van der Waals surface area contributed by atoms with E-state index in [9.17, 15) is 9.18 Å². The molecule has 2 aromatic carbocycles. The molecule has 1 saturated heterocycles. The second-order valence-electron chi connectivity index (χ2n) is 7.81. The lowest BCUT2D eigenvalue weighted by molar-refractivity contribution is -0.128. The molecule has 1 atom stereocenters. The number of aromatic nitrogens is 1. The Morgan fingerprint density at radius 2 is 2.13 bits per heavy atom. The van der Waals surface area contributed by atoms with Crippen LogP contribution in [0.5, 0.6) is 5.75 Å². The van der Waals surface area contributed by atoms with Crippen molar-refractivity contribution in [2.45, 2.75) is 25.8 Å². The quantitative estimate of drug-likeness (QED) is 0.483. The zero-order chi connectivity index (χ0) is 20.8. The van der Waals surface area contributed by atoms with Crippen LogP contribution in [0.4, 0.5) is 4.39 Å². The van der Waals surface area contributed by atoms with Gasteiger partial charge in [-0.3, -0.25) is 9.78 Å². The average molecular weight is 404 g/mol. The van der Waals surface area contributed by atoms with Gasteiger partial charge < -0.3 is 14.1 Å². The molecule has 2 aromatic heterocycles. The number of benzene rings is 2. The Hall–Kier alpha value is -3.41. The molecule has 0 saturated carbocycles. The Morgan fingerprint density at radius 3 is 2.93 bits per heavy atom. The van der Waals surface area contributed by atoms with E-state index in [0.717, 1.165) is 27.5 Å². The first-order valence-corrected chi connectivity index (χ1v) is 9.91. The zero-order valence-corrected chi connectivity index (χ0v) is 16.8. The summed E-state index contributed by atoms with van der Waals surface area (Å²) in [5, 5.41) is 1.83. The minimum absolute atomic E-state index is 0.0135. The second kappa shape index (κ2) is 7.13. The van der Waals surface area contributed by atoms with Crippen LogP contribution in [-0.4, -0.2) is 29.4 Å². The standard InChI is InChI=1S/C24H21FN2O3/c1-14-3-4-15(19(25)9-14)12-27-13-16(10-22(27)28)17-5-6-21(29-2)24-23(17)18-11-26-8-7-20(18)30-24/h3-9,11,16H,10,12-13H2,1-2H3. The van der Waals surface area contributed by atoms with Crippen molar-refractivity contribution in [2.24, 2.45) is 0 Å². The summed E-state index contributed by atoms with van der Waals surface area (Å²) < 4.78 is 25.8. The lowest BCUT2D eigenvalue weighted by atomic mass is 9.93. The molecule has 0 aliphatic carbocycles. The highest BCUT2D eigenvalue weighted by atomic mass is 19.1. The number of amides is 1. The summed E-state index contributed by atoms with van der Waals surface area (Å²) in [5.74, 6) is 0.383. The van der Waals surface area contributed by atoms with Crippen LogP contribution in [0.2, 0.25) is 0 Å². The van der Waals surface area contributed by atoms with Crippen LogP contribution >= 0.6 is 0 Å². The molecule has 0 bridgehead atoms. The fourth-order valence-corrected chi connectivity index (χ4v) is 4.35. The van der Waals surface area contributed by atoms with Gasteiger partial charge in [-0.25, -0.2) is 4.39 Å². The Kier molecular flexibility index (Phi) is 4.42. The molecule has 30 heavy (non-hydrogen) atoms. The Labute approximate surface area is 173 Å².